The van der Waals surface area contributed by atoms with Crippen LogP contribution >= 0.6 is 24.4 Å². The first-order valence-electron chi connectivity index (χ1n) is 5.82. The Kier molecular flexibility index (Phi) is 5.53. The summed E-state index contributed by atoms with van der Waals surface area (Å²) in [6, 6.07) is 6.71. The number of hydrogen-bond donors (Lipinski definition) is 1. The average molecular weight is 285 g/mol. The summed E-state index contributed by atoms with van der Waals surface area (Å²) in [6.07, 6.45) is 0. The lowest BCUT2D eigenvalue weighted by Crippen LogP contribution is -2.24. The Morgan fingerprint density at radius 1 is 1.33 bits per heavy atom. The molecule has 100 valence electrons. The minimum atomic E-state index is -0.375. The SMILES string of the molecule is CC(C)(C)C(CS)CSc1ccc([N+](=O)[O-])cc1. The number of thioether (sulfide) groups is 1. The molecule has 0 saturated carbocycles. The molecule has 0 aromatic heterocycles. The van der Waals surface area contributed by atoms with E-state index in [1.54, 1.807) is 36.0 Å². The van der Waals surface area contributed by atoms with Crippen LogP contribution in [0.15, 0.2) is 29.2 Å². The first kappa shape index (κ1) is 15.4. The van der Waals surface area contributed by atoms with Crippen LogP contribution in [0, 0.1) is 21.4 Å². The maximum Gasteiger partial charge on any atom is 0.269 e. The summed E-state index contributed by atoms with van der Waals surface area (Å²) in [7, 11) is 0. The van der Waals surface area contributed by atoms with E-state index in [1.807, 2.05) is 0 Å². The van der Waals surface area contributed by atoms with Crippen molar-refractivity contribution in [2.75, 3.05) is 11.5 Å². The van der Waals surface area contributed by atoms with Gasteiger partial charge in [0.25, 0.3) is 5.69 Å². The van der Waals surface area contributed by atoms with Crippen LogP contribution in [0.2, 0.25) is 0 Å². The number of hydrogen-bond acceptors (Lipinski definition) is 4. The highest BCUT2D eigenvalue weighted by atomic mass is 32.2. The summed E-state index contributed by atoms with van der Waals surface area (Å²) in [4.78, 5) is 11.2. The standard InChI is InChI=1S/C13H19NO2S2/c1-13(2,3)10(8-17)9-18-12-6-4-11(5-7-12)14(15)16/h4-7,10,17H,8-9H2,1-3H3. The first-order chi connectivity index (χ1) is 8.34. The van der Waals surface area contributed by atoms with E-state index in [1.165, 1.54) is 0 Å². The lowest BCUT2D eigenvalue weighted by atomic mass is 9.83. The summed E-state index contributed by atoms with van der Waals surface area (Å²) in [6.45, 7) is 6.64. The molecule has 0 aliphatic rings. The lowest BCUT2D eigenvalue weighted by molar-refractivity contribution is -0.384. The van der Waals surface area contributed by atoms with Gasteiger partial charge in [-0.1, -0.05) is 20.8 Å². The van der Waals surface area contributed by atoms with Gasteiger partial charge >= 0.3 is 0 Å². The van der Waals surface area contributed by atoms with Gasteiger partial charge in [-0.3, -0.25) is 10.1 Å². The molecule has 1 unspecified atom stereocenters. The van der Waals surface area contributed by atoms with Crippen LogP contribution < -0.4 is 0 Å². The van der Waals surface area contributed by atoms with Crippen molar-refractivity contribution >= 4 is 30.1 Å². The highest BCUT2D eigenvalue weighted by Gasteiger charge is 2.23. The van der Waals surface area contributed by atoms with E-state index in [0.717, 1.165) is 16.4 Å². The van der Waals surface area contributed by atoms with E-state index in [4.69, 9.17) is 0 Å². The van der Waals surface area contributed by atoms with Gasteiger partial charge < -0.3 is 0 Å². The Bertz CT molecular complexity index is 398. The van der Waals surface area contributed by atoms with Crippen LogP contribution in [-0.2, 0) is 0 Å². The van der Waals surface area contributed by atoms with Crippen LogP contribution in [0.1, 0.15) is 20.8 Å². The third-order valence-electron chi connectivity index (χ3n) is 2.94. The number of non-ortho nitro benzene ring substituents is 1. The minimum Gasteiger partial charge on any atom is -0.258 e. The van der Waals surface area contributed by atoms with Crippen molar-refractivity contribution in [1.82, 2.24) is 0 Å². The summed E-state index contributed by atoms with van der Waals surface area (Å²) in [5.41, 5.74) is 0.371. The normalized spacial score (nSPS) is 13.3. The number of nitrogens with zero attached hydrogens (tertiary/aromatic N) is 1. The van der Waals surface area contributed by atoms with E-state index >= 15 is 0 Å². The van der Waals surface area contributed by atoms with E-state index in [-0.39, 0.29) is 16.0 Å². The van der Waals surface area contributed by atoms with Gasteiger partial charge in [-0.2, -0.15) is 12.6 Å². The van der Waals surface area contributed by atoms with Crippen molar-refractivity contribution in [3.05, 3.63) is 34.4 Å². The second-order valence-electron chi connectivity index (χ2n) is 5.31. The zero-order valence-corrected chi connectivity index (χ0v) is 12.6. The Hall–Kier alpha value is -0.680. The Labute approximate surface area is 118 Å². The predicted octanol–water partition coefficient (Wildman–Crippen LogP) is 4.28. The van der Waals surface area contributed by atoms with Crippen LogP contribution in [-0.4, -0.2) is 16.4 Å². The summed E-state index contributed by atoms with van der Waals surface area (Å²) < 4.78 is 0. The van der Waals surface area contributed by atoms with Crippen molar-refractivity contribution in [3.8, 4) is 0 Å². The van der Waals surface area contributed by atoms with E-state index in [0.29, 0.717) is 5.92 Å². The molecule has 3 nitrogen and oxygen atoms in total. The number of nitro groups is 1. The fraction of sp³-hybridized carbons (Fsp3) is 0.538. The van der Waals surface area contributed by atoms with Crippen molar-refractivity contribution in [2.45, 2.75) is 25.7 Å². The summed E-state index contributed by atoms with van der Waals surface area (Å²) in [5.74, 6) is 2.34. The number of nitro benzene ring substituents is 1. The molecule has 18 heavy (non-hydrogen) atoms. The number of benzene rings is 1. The second kappa shape index (κ2) is 6.48. The van der Waals surface area contributed by atoms with Gasteiger partial charge in [0.15, 0.2) is 0 Å². The van der Waals surface area contributed by atoms with Crippen LogP contribution in [0.5, 0.6) is 0 Å². The molecular formula is C13H19NO2S2. The molecule has 0 aliphatic heterocycles. The molecule has 0 N–H and O–H groups in total. The van der Waals surface area contributed by atoms with E-state index < -0.39 is 0 Å². The van der Waals surface area contributed by atoms with Gasteiger partial charge in [-0.25, -0.2) is 0 Å². The molecule has 0 saturated heterocycles. The number of thiol groups is 1. The molecule has 0 radical (unpaired) electrons. The molecule has 1 rings (SSSR count). The Balaban J connectivity index is 2.60. The Morgan fingerprint density at radius 2 is 1.89 bits per heavy atom. The van der Waals surface area contributed by atoms with Gasteiger partial charge in [0, 0.05) is 22.8 Å². The van der Waals surface area contributed by atoms with Crippen molar-refractivity contribution in [1.29, 1.82) is 0 Å². The fourth-order valence-electron chi connectivity index (χ4n) is 1.44. The maximum absolute atomic E-state index is 10.5. The third-order valence-corrected chi connectivity index (χ3v) is 4.56. The molecule has 0 fully saturated rings. The smallest absolute Gasteiger partial charge is 0.258 e. The Morgan fingerprint density at radius 3 is 2.28 bits per heavy atom. The summed E-state index contributed by atoms with van der Waals surface area (Å²) >= 11 is 6.12. The van der Waals surface area contributed by atoms with E-state index in [2.05, 4.69) is 33.4 Å². The average Bonchev–Trinajstić information content (AvgIpc) is 2.28. The van der Waals surface area contributed by atoms with Gasteiger partial charge in [-0.15, -0.1) is 11.8 Å². The van der Waals surface area contributed by atoms with Gasteiger partial charge in [0.2, 0.25) is 0 Å². The molecule has 1 aromatic carbocycles. The van der Waals surface area contributed by atoms with Gasteiger partial charge in [-0.05, 0) is 29.2 Å². The van der Waals surface area contributed by atoms with Crippen LogP contribution in [0.4, 0.5) is 5.69 Å². The zero-order valence-electron chi connectivity index (χ0n) is 10.9. The minimum absolute atomic E-state index is 0.140. The molecular weight excluding hydrogens is 266 g/mol. The molecule has 0 aliphatic carbocycles. The molecule has 0 spiro atoms. The predicted molar refractivity (Wildman–Crippen MR) is 80.6 cm³/mol. The highest BCUT2D eigenvalue weighted by molar-refractivity contribution is 7.99. The first-order valence-corrected chi connectivity index (χ1v) is 7.44. The van der Waals surface area contributed by atoms with Crippen molar-refractivity contribution < 1.29 is 4.92 Å². The molecule has 0 bridgehead atoms. The molecule has 0 heterocycles. The number of rotatable bonds is 5. The van der Waals surface area contributed by atoms with Gasteiger partial charge in [0.05, 0.1) is 4.92 Å². The van der Waals surface area contributed by atoms with E-state index in [9.17, 15) is 10.1 Å². The molecule has 1 aromatic rings. The summed E-state index contributed by atoms with van der Waals surface area (Å²) in [5, 5.41) is 10.5. The zero-order chi connectivity index (χ0) is 13.8. The maximum atomic E-state index is 10.5. The topological polar surface area (TPSA) is 43.1 Å². The largest absolute Gasteiger partial charge is 0.269 e. The van der Waals surface area contributed by atoms with Gasteiger partial charge in [0.1, 0.15) is 0 Å². The monoisotopic (exact) mass is 285 g/mol. The fourth-order valence-corrected chi connectivity index (χ4v) is 3.63. The molecule has 5 heteroatoms. The molecule has 0 amide bonds. The molecule has 1 atom stereocenters. The second-order valence-corrected chi connectivity index (χ2v) is 6.77. The highest BCUT2D eigenvalue weighted by Crippen LogP contribution is 2.32. The van der Waals surface area contributed by atoms with Crippen LogP contribution in [0.3, 0.4) is 0 Å². The van der Waals surface area contributed by atoms with Crippen molar-refractivity contribution in [2.24, 2.45) is 11.3 Å². The lowest BCUT2D eigenvalue weighted by Gasteiger charge is -2.29. The van der Waals surface area contributed by atoms with Crippen LogP contribution in [0.25, 0.3) is 0 Å². The quantitative estimate of drug-likeness (QED) is 0.380. The third kappa shape index (κ3) is 4.53. The van der Waals surface area contributed by atoms with Crippen molar-refractivity contribution in [3.63, 3.8) is 0 Å².